The number of rotatable bonds is 4. The summed E-state index contributed by atoms with van der Waals surface area (Å²) < 4.78 is 10.6. The molecule has 0 bridgehead atoms. The summed E-state index contributed by atoms with van der Waals surface area (Å²) in [6, 6.07) is 9.27. The third-order valence-electron chi connectivity index (χ3n) is 2.56. The molecule has 0 saturated heterocycles. The largest absolute Gasteiger partial charge is 0.497 e. The molecule has 104 valence electrons. The summed E-state index contributed by atoms with van der Waals surface area (Å²) in [5.41, 5.74) is 0.00171. The van der Waals surface area contributed by atoms with Crippen LogP contribution in [0.25, 0.3) is 0 Å². The van der Waals surface area contributed by atoms with Gasteiger partial charge < -0.3 is 14.6 Å². The number of methoxy groups -OCH3 is 1. The second-order valence-corrected chi connectivity index (χ2v) is 4.61. The highest BCUT2D eigenvalue weighted by Gasteiger charge is 2.15. The Bertz CT molecular complexity index is 656. The second-order valence-electron chi connectivity index (χ2n) is 3.82. The van der Waals surface area contributed by atoms with Gasteiger partial charge in [-0.1, -0.05) is 29.3 Å². The van der Waals surface area contributed by atoms with Gasteiger partial charge in [0, 0.05) is 6.07 Å². The molecule has 6 heteroatoms. The molecule has 2 aromatic carbocycles. The fourth-order valence-corrected chi connectivity index (χ4v) is 1.90. The van der Waals surface area contributed by atoms with Crippen LogP contribution < -0.4 is 9.47 Å². The van der Waals surface area contributed by atoms with Gasteiger partial charge in [0.25, 0.3) is 0 Å². The molecular weight excluding hydrogens is 303 g/mol. The molecule has 2 rings (SSSR count). The Morgan fingerprint density at radius 1 is 1.15 bits per heavy atom. The van der Waals surface area contributed by atoms with Gasteiger partial charge in [-0.15, -0.1) is 0 Å². The summed E-state index contributed by atoms with van der Waals surface area (Å²) in [5, 5.41) is 9.69. The average Bonchev–Trinajstić information content (AvgIpc) is 2.43. The van der Waals surface area contributed by atoms with Crippen molar-refractivity contribution in [3.8, 4) is 17.2 Å². The van der Waals surface area contributed by atoms with E-state index in [0.29, 0.717) is 10.8 Å². The number of carboxylic acid groups (broad SMARTS) is 1. The predicted molar refractivity (Wildman–Crippen MR) is 76.5 cm³/mol. The van der Waals surface area contributed by atoms with Crippen LogP contribution in [0.3, 0.4) is 0 Å². The minimum atomic E-state index is -1.11. The molecule has 0 aliphatic rings. The van der Waals surface area contributed by atoms with Crippen LogP contribution in [0, 0.1) is 0 Å². The number of aromatic carboxylic acids is 1. The third kappa shape index (κ3) is 2.98. The summed E-state index contributed by atoms with van der Waals surface area (Å²) in [6.07, 6.45) is 0. The highest BCUT2D eigenvalue weighted by Crippen LogP contribution is 2.36. The van der Waals surface area contributed by atoms with Crippen molar-refractivity contribution in [2.24, 2.45) is 0 Å². The first-order valence-electron chi connectivity index (χ1n) is 5.56. The monoisotopic (exact) mass is 312 g/mol. The van der Waals surface area contributed by atoms with Crippen LogP contribution in [-0.2, 0) is 0 Å². The van der Waals surface area contributed by atoms with Crippen LogP contribution in [0.2, 0.25) is 10.0 Å². The maximum atomic E-state index is 11.2. The quantitative estimate of drug-likeness (QED) is 0.903. The van der Waals surface area contributed by atoms with E-state index in [4.69, 9.17) is 37.8 Å². The summed E-state index contributed by atoms with van der Waals surface area (Å²) in [4.78, 5) is 11.2. The lowest BCUT2D eigenvalue weighted by molar-refractivity contribution is 0.0694. The maximum absolute atomic E-state index is 11.2. The molecule has 0 atom stereocenters. The molecule has 2 aromatic rings. The van der Waals surface area contributed by atoms with Crippen LogP contribution in [0.5, 0.6) is 17.2 Å². The Morgan fingerprint density at radius 2 is 1.90 bits per heavy atom. The highest BCUT2D eigenvalue weighted by molar-refractivity contribution is 6.42. The Kier molecular flexibility index (Phi) is 4.37. The van der Waals surface area contributed by atoms with Gasteiger partial charge in [-0.3, -0.25) is 0 Å². The van der Waals surface area contributed by atoms with Crippen molar-refractivity contribution in [3.63, 3.8) is 0 Å². The van der Waals surface area contributed by atoms with Crippen molar-refractivity contribution < 1.29 is 19.4 Å². The molecule has 0 unspecified atom stereocenters. The third-order valence-corrected chi connectivity index (χ3v) is 3.36. The van der Waals surface area contributed by atoms with Crippen molar-refractivity contribution in [1.82, 2.24) is 0 Å². The number of halogens is 2. The molecule has 0 spiro atoms. The van der Waals surface area contributed by atoms with Crippen LogP contribution >= 0.6 is 23.2 Å². The van der Waals surface area contributed by atoms with Crippen molar-refractivity contribution >= 4 is 29.2 Å². The minimum absolute atomic E-state index is 0.00171. The first-order valence-corrected chi connectivity index (χ1v) is 6.31. The fourth-order valence-electron chi connectivity index (χ4n) is 1.57. The summed E-state index contributed by atoms with van der Waals surface area (Å²) in [5.74, 6) is -0.236. The number of carboxylic acids is 1. The topological polar surface area (TPSA) is 55.8 Å². The Morgan fingerprint density at radius 3 is 2.55 bits per heavy atom. The molecule has 0 amide bonds. The van der Waals surface area contributed by atoms with Crippen molar-refractivity contribution in [2.45, 2.75) is 0 Å². The zero-order chi connectivity index (χ0) is 14.7. The molecule has 4 nitrogen and oxygen atoms in total. The summed E-state index contributed by atoms with van der Waals surface area (Å²) in [6.45, 7) is 0. The highest BCUT2D eigenvalue weighted by atomic mass is 35.5. The maximum Gasteiger partial charge on any atom is 0.339 e. The van der Waals surface area contributed by atoms with Crippen LogP contribution in [0.1, 0.15) is 10.4 Å². The number of ether oxygens (including phenoxy) is 2. The SMILES string of the molecule is COc1ccc(C(=O)O)c(Oc2cccc(Cl)c2Cl)c1. The van der Waals surface area contributed by atoms with E-state index in [0.717, 1.165) is 0 Å². The zero-order valence-corrected chi connectivity index (χ0v) is 11.9. The number of hydrogen-bond donors (Lipinski definition) is 1. The van der Waals surface area contributed by atoms with E-state index < -0.39 is 5.97 Å². The molecule has 20 heavy (non-hydrogen) atoms. The fraction of sp³-hybridized carbons (Fsp3) is 0.0714. The van der Waals surface area contributed by atoms with E-state index in [9.17, 15) is 4.79 Å². The van der Waals surface area contributed by atoms with E-state index >= 15 is 0 Å². The molecule has 0 saturated carbocycles. The average molecular weight is 313 g/mol. The first-order chi connectivity index (χ1) is 9.52. The lowest BCUT2D eigenvalue weighted by Gasteiger charge is -2.12. The standard InChI is InChI=1S/C14H10Cl2O4/c1-19-8-5-6-9(14(17)18)12(7-8)20-11-4-2-3-10(15)13(11)16/h2-7H,1H3,(H,17,18). The second kappa shape index (κ2) is 6.03. The van der Waals surface area contributed by atoms with Gasteiger partial charge in [-0.25, -0.2) is 4.79 Å². The smallest absolute Gasteiger partial charge is 0.339 e. The lowest BCUT2D eigenvalue weighted by Crippen LogP contribution is -2.00. The van der Waals surface area contributed by atoms with Gasteiger partial charge in [0.05, 0.1) is 12.1 Å². The Hall–Kier alpha value is -1.91. The van der Waals surface area contributed by atoms with E-state index in [2.05, 4.69) is 0 Å². The van der Waals surface area contributed by atoms with Gasteiger partial charge in [0.15, 0.2) is 0 Å². The van der Waals surface area contributed by atoms with Crippen LogP contribution in [-0.4, -0.2) is 18.2 Å². The number of benzene rings is 2. The molecule has 0 fully saturated rings. The van der Waals surface area contributed by atoms with Crippen LogP contribution in [0.4, 0.5) is 0 Å². The van der Waals surface area contributed by atoms with Gasteiger partial charge in [0.1, 0.15) is 27.8 Å². The first kappa shape index (κ1) is 14.5. The minimum Gasteiger partial charge on any atom is -0.497 e. The zero-order valence-electron chi connectivity index (χ0n) is 10.4. The Labute approximate surface area is 125 Å². The van der Waals surface area contributed by atoms with Gasteiger partial charge in [-0.05, 0) is 24.3 Å². The lowest BCUT2D eigenvalue weighted by atomic mass is 10.2. The van der Waals surface area contributed by atoms with Crippen LogP contribution in [0.15, 0.2) is 36.4 Å². The molecule has 0 aliphatic carbocycles. The van der Waals surface area contributed by atoms with Crippen molar-refractivity contribution in [2.75, 3.05) is 7.11 Å². The molecule has 1 N–H and O–H groups in total. The molecule has 0 aromatic heterocycles. The van der Waals surface area contributed by atoms with Crippen molar-refractivity contribution in [1.29, 1.82) is 0 Å². The molecule has 0 heterocycles. The van der Waals surface area contributed by atoms with Crippen molar-refractivity contribution in [3.05, 3.63) is 52.0 Å². The predicted octanol–water partition coefficient (Wildman–Crippen LogP) is 4.49. The van der Waals surface area contributed by atoms with E-state index in [1.54, 1.807) is 18.2 Å². The van der Waals surface area contributed by atoms with E-state index in [1.165, 1.54) is 25.3 Å². The van der Waals surface area contributed by atoms with Gasteiger partial charge in [0.2, 0.25) is 0 Å². The summed E-state index contributed by atoms with van der Waals surface area (Å²) >= 11 is 11.9. The van der Waals surface area contributed by atoms with E-state index in [1.807, 2.05) is 0 Å². The Balaban J connectivity index is 2.46. The number of hydrogen-bond acceptors (Lipinski definition) is 3. The summed E-state index contributed by atoms with van der Waals surface area (Å²) in [7, 11) is 1.48. The van der Waals surface area contributed by atoms with E-state index in [-0.39, 0.29) is 22.1 Å². The van der Waals surface area contributed by atoms with Gasteiger partial charge >= 0.3 is 5.97 Å². The van der Waals surface area contributed by atoms with Gasteiger partial charge in [-0.2, -0.15) is 0 Å². The number of carbonyl (C=O) groups is 1. The molecule has 0 aliphatic heterocycles. The molecular formula is C14H10Cl2O4. The normalized spacial score (nSPS) is 10.2. The molecule has 0 radical (unpaired) electrons.